The average Bonchev–Trinajstić information content (AvgIpc) is 2.15. The van der Waals surface area contributed by atoms with Gasteiger partial charge in [0.15, 0.2) is 17.4 Å². The molecule has 0 aliphatic carbocycles. The first-order valence-electron chi connectivity index (χ1n) is 3.82. The SMILES string of the molecule is O=C(O)c1cccc(C(=O)O)c1S(=O)(=O)O.[AlH3]. The number of carboxylic acid groups (broad SMARTS) is 2. The molecule has 0 unspecified atom stereocenters. The van der Waals surface area contributed by atoms with Crippen LogP contribution in [0.1, 0.15) is 20.7 Å². The fourth-order valence-corrected chi connectivity index (χ4v) is 2.02. The van der Waals surface area contributed by atoms with E-state index in [-0.39, 0.29) is 17.4 Å². The first kappa shape index (κ1) is 15.6. The fraction of sp³-hybridized carbons (Fsp3) is 0. The predicted molar refractivity (Wildman–Crippen MR) is 60.1 cm³/mol. The molecule has 0 aliphatic heterocycles. The summed E-state index contributed by atoms with van der Waals surface area (Å²) in [6.45, 7) is 0. The Morgan fingerprint density at radius 2 is 1.35 bits per heavy atom. The Bertz CT molecular complexity index is 531. The summed E-state index contributed by atoms with van der Waals surface area (Å²) in [6, 6.07) is 2.84. The molecule has 0 saturated carbocycles. The van der Waals surface area contributed by atoms with Crippen LogP contribution in [0.3, 0.4) is 0 Å². The topological polar surface area (TPSA) is 129 Å². The summed E-state index contributed by atoms with van der Waals surface area (Å²) >= 11 is 0. The van der Waals surface area contributed by atoms with Crippen LogP contribution in [0, 0.1) is 0 Å². The van der Waals surface area contributed by atoms with Crippen molar-refractivity contribution in [2.75, 3.05) is 0 Å². The second-order valence-electron chi connectivity index (χ2n) is 2.77. The Hall–Kier alpha value is -1.40. The third-order valence-electron chi connectivity index (χ3n) is 1.73. The summed E-state index contributed by atoms with van der Waals surface area (Å²) in [5.74, 6) is -3.29. The standard InChI is InChI=1S/C8H6O7S.Al.3H/c9-7(10)4-2-1-3-5(8(11)12)6(4)16(13,14)15;;;;/h1-3H,(H,9,10)(H,11,12)(H,13,14,15);;;;. The van der Waals surface area contributed by atoms with Crippen LogP contribution in [0.15, 0.2) is 23.1 Å². The molecule has 0 saturated heterocycles. The van der Waals surface area contributed by atoms with Crippen LogP contribution in [-0.4, -0.2) is 52.5 Å². The highest BCUT2D eigenvalue weighted by Gasteiger charge is 2.26. The highest BCUT2D eigenvalue weighted by molar-refractivity contribution is 7.86. The van der Waals surface area contributed by atoms with Gasteiger partial charge in [-0.05, 0) is 12.1 Å². The van der Waals surface area contributed by atoms with Gasteiger partial charge < -0.3 is 10.2 Å². The summed E-state index contributed by atoms with van der Waals surface area (Å²) in [5.41, 5.74) is -1.58. The van der Waals surface area contributed by atoms with E-state index in [1.54, 1.807) is 0 Å². The van der Waals surface area contributed by atoms with Gasteiger partial charge in [-0.1, -0.05) is 6.07 Å². The molecule has 0 amide bonds. The molecule has 17 heavy (non-hydrogen) atoms. The number of hydrogen-bond acceptors (Lipinski definition) is 4. The zero-order chi connectivity index (χ0) is 12.5. The molecule has 1 aromatic carbocycles. The lowest BCUT2D eigenvalue weighted by Gasteiger charge is -2.05. The molecule has 0 fully saturated rings. The van der Waals surface area contributed by atoms with Crippen molar-refractivity contribution in [3.05, 3.63) is 29.3 Å². The van der Waals surface area contributed by atoms with Gasteiger partial charge in [-0.25, -0.2) is 9.59 Å². The van der Waals surface area contributed by atoms with Crippen molar-refractivity contribution < 1.29 is 32.8 Å². The predicted octanol–water partition coefficient (Wildman–Crippen LogP) is -0.854. The van der Waals surface area contributed by atoms with Gasteiger partial charge in [0.05, 0.1) is 11.1 Å². The first-order valence-corrected chi connectivity index (χ1v) is 5.26. The molecule has 9 heteroatoms. The quantitative estimate of drug-likeness (QED) is 0.484. The lowest BCUT2D eigenvalue weighted by atomic mass is 10.1. The van der Waals surface area contributed by atoms with Crippen molar-refractivity contribution in [2.24, 2.45) is 0 Å². The van der Waals surface area contributed by atoms with Crippen molar-refractivity contribution >= 4 is 39.4 Å². The highest BCUT2D eigenvalue weighted by Crippen LogP contribution is 2.20. The minimum absolute atomic E-state index is 0. The molecule has 0 heterocycles. The van der Waals surface area contributed by atoms with Crippen molar-refractivity contribution in [1.82, 2.24) is 0 Å². The minimum atomic E-state index is -4.92. The lowest BCUT2D eigenvalue weighted by molar-refractivity contribution is 0.0688. The number of rotatable bonds is 3. The van der Waals surface area contributed by atoms with Gasteiger partial charge in [0.25, 0.3) is 10.1 Å². The van der Waals surface area contributed by atoms with Gasteiger partial charge in [0, 0.05) is 0 Å². The van der Waals surface area contributed by atoms with Crippen LogP contribution >= 0.6 is 0 Å². The molecule has 1 rings (SSSR count). The molecule has 0 spiro atoms. The Labute approximate surface area is 107 Å². The molecular formula is C8H9AlO7S. The van der Waals surface area contributed by atoms with Crippen LogP contribution in [-0.2, 0) is 10.1 Å². The van der Waals surface area contributed by atoms with Gasteiger partial charge >= 0.3 is 11.9 Å². The van der Waals surface area contributed by atoms with Gasteiger partial charge in [-0.3, -0.25) is 4.55 Å². The Morgan fingerprint density at radius 3 is 1.59 bits per heavy atom. The smallest absolute Gasteiger partial charge is 0.337 e. The molecule has 0 radical (unpaired) electrons. The van der Waals surface area contributed by atoms with Crippen LogP contribution in [0.25, 0.3) is 0 Å². The van der Waals surface area contributed by atoms with Crippen LogP contribution in [0.2, 0.25) is 0 Å². The van der Waals surface area contributed by atoms with E-state index in [1.165, 1.54) is 0 Å². The van der Waals surface area contributed by atoms with E-state index in [2.05, 4.69) is 0 Å². The van der Waals surface area contributed by atoms with E-state index in [9.17, 15) is 18.0 Å². The lowest BCUT2D eigenvalue weighted by Crippen LogP contribution is -2.14. The van der Waals surface area contributed by atoms with Gasteiger partial charge in [0.1, 0.15) is 4.90 Å². The normalized spacial score (nSPS) is 10.4. The van der Waals surface area contributed by atoms with Crippen LogP contribution in [0.4, 0.5) is 0 Å². The number of hydrogen-bond donors (Lipinski definition) is 3. The Balaban J connectivity index is 0.00000256. The second-order valence-corrected chi connectivity index (χ2v) is 4.13. The van der Waals surface area contributed by atoms with Gasteiger partial charge in [-0.2, -0.15) is 8.42 Å². The van der Waals surface area contributed by atoms with E-state index in [4.69, 9.17) is 14.8 Å². The average molecular weight is 276 g/mol. The molecule has 7 nitrogen and oxygen atoms in total. The highest BCUT2D eigenvalue weighted by atomic mass is 32.2. The fourth-order valence-electron chi connectivity index (χ4n) is 1.15. The molecule has 1 aromatic rings. The molecule has 0 atom stereocenters. The summed E-state index contributed by atoms with van der Waals surface area (Å²) in [6.07, 6.45) is 0. The summed E-state index contributed by atoms with van der Waals surface area (Å²) in [7, 11) is -4.92. The van der Waals surface area contributed by atoms with Gasteiger partial charge in [0.2, 0.25) is 0 Å². The minimum Gasteiger partial charge on any atom is -0.478 e. The van der Waals surface area contributed by atoms with Crippen LogP contribution in [0.5, 0.6) is 0 Å². The number of benzene rings is 1. The van der Waals surface area contributed by atoms with E-state index in [1.807, 2.05) is 0 Å². The van der Waals surface area contributed by atoms with E-state index < -0.39 is 38.1 Å². The number of carboxylic acids is 2. The number of aromatic carboxylic acids is 2. The monoisotopic (exact) mass is 276 g/mol. The molecule has 0 bridgehead atoms. The third kappa shape index (κ3) is 3.28. The van der Waals surface area contributed by atoms with Gasteiger partial charge in [-0.15, -0.1) is 0 Å². The molecule has 92 valence electrons. The van der Waals surface area contributed by atoms with E-state index in [0.717, 1.165) is 18.2 Å². The first-order chi connectivity index (χ1) is 7.25. The summed E-state index contributed by atoms with van der Waals surface area (Å²) in [5, 5.41) is 17.3. The maximum atomic E-state index is 10.9. The maximum Gasteiger partial charge on any atom is 0.337 e. The second kappa shape index (κ2) is 5.29. The van der Waals surface area contributed by atoms with E-state index >= 15 is 0 Å². The third-order valence-corrected chi connectivity index (χ3v) is 2.69. The molecular weight excluding hydrogens is 267 g/mol. The Kier molecular flexibility index (Phi) is 4.85. The zero-order valence-electron chi connectivity index (χ0n) is 7.61. The van der Waals surface area contributed by atoms with Crippen molar-refractivity contribution in [2.45, 2.75) is 4.90 Å². The zero-order valence-corrected chi connectivity index (χ0v) is 8.43. The molecule has 3 N–H and O–H groups in total. The molecule has 0 aliphatic rings. The van der Waals surface area contributed by atoms with Crippen molar-refractivity contribution in [3.63, 3.8) is 0 Å². The Morgan fingerprint density at radius 1 is 1.00 bits per heavy atom. The van der Waals surface area contributed by atoms with Crippen molar-refractivity contribution in [1.29, 1.82) is 0 Å². The largest absolute Gasteiger partial charge is 0.478 e. The van der Waals surface area contributed by atoms with Crippen molar-refractivity contribution in [3.8, 4) is 0 Å². The number of carbonyl (C=O) groups is 2. The van der Waals surface area contributed by atoms with E-state index in [0.29, 0.717) is 0 Å². The summed E-state index contributed by atoms with van der Waals surface area (Å²) < 4.78 is 30.6. The summed E-state index contributed by atoms with van der Waals surface area (Å²) in [4.78, 5) is 20.2. The van der Waals surface area contributed by atoms with Crippen LogP contribution < -0.4 is 0 Å². The molecule has 0 aromatic heterocycles. The maximum absolute atomic E-state index is 10.9.